The van der Waals surface area contributed by atoms with E-state index in [1.165, 1.54) is 10.4 Å². The van der Waals surface area contributed by atoms with Crippen LogP contribution in [0.2, 0.25) is 0 Å². The molecule has 2 N–H and O–H groups in total. The van der Waals surface area contributed by atoms with E-state index in [-0.39, 0.29) is 10.9 Å². The van der Waals surface area contributed by atoms with Gasteiger partial charge in [-0.2, -0.15) is 4.31 Å². The van der Waals surface area contributed by atoms with Crippen molar-refractivity contribution < 1.29 is 8.42 Å². The standard InChI is InChI=1S/C16H20N2O2S/c1-12-9-15(17)11-16(10-12)21(19,20)18(3)13(2)14-7-5-4-6-8-14/h4-11,13H,17H2,1-3H3. The van der Waals surface area contributed by atoms with E-state index in [1.54, 1.807) is 19.2 Å². The van der Waals surface area contributed by atoms with Crippen LogP contribution in [0.25, 0.3) is 0 Å². The molecule has 0 amide bonds. The number of rotatable bonds is 4. The van der Waals surface area contributed by atoms with Gasteiger partial charge in [-0.1, -0.05) is 30.3 Å². The van der Waals surface area contributed by atoms with Crippen molar-refractivity contribution in [1.82, 2.24) is 4.31 Å². The van der Waals surface area contributed by atoms with Gasteiger partial charge in [-0.15, -0.1) is 0 Å². The molecule has 1 atom stereocenters. The molecule has 2 aromatic carbocycles. The molecular formula is C16H20N2O2S. The van der Waals surface area contributed by atoms with Gasteiger partial charge < -0.3 is 5.73 Å². The monoisotopic (exact) mass is 304 g/mol. The highest BCUT2D eigenvalue weighted by molar-refractivity contribution is 7.89. The van der Waals surface area contributed by atoms with E-state index < -0.39 is 10.0 Å². The molecule has 0 aromatic heterocycles. The predicted molar refractivity (Wildman–Crippen MR) is 85.4 cm³/mol. The average Bonchev–Trinajstić information content (AvgIpc) is 2.45. The Balaban J connectivity index is 2.39. The van der Waals surface area contributed by atoms with Crippen LogP contribution in [-0.4, -0.2) is 19.8 Å². The van der Waals surface area contributed by atoms with E-state index in [9.17, 15) is 8.42 Å². The van der Waals surface area contributed by atoms with Gasteiger partial charge in [0.2, 0.25) is 10.0 Å². The summed E-state index contributed by atoms with van der Waals surface area (Å²) in [4.78, 5) is 0.227. The predicted octanol–water partition coefficient (Wildman–Crippen LogP) is 2.96. The lowest BCUT2D eigenvalue weighted by molar-refractivity contribution is 0.398. The number of anilines is 1. The molecule has 2 aromatic rings. The summed E-state index contributed by atoms with van der Waals surface area (Å²) in [6, 6.07) is 14.2. The van der Waals surface area contributed by atoms with Crippen LogP contribution in [0.5, 0.6) is 0 Å². The second-order valence-electron chi connectivity index (χ2n) is 5.19. The van der Waals surface area contributed by atoms with Crippen molar-refractivity contribution in [3.05, 3.63) is 59.7 Å². The van der Waals surface area contributed by atoms with Crippen LogP contribution in [-0.2, 0) is 10.0 Å². The smallest absolute Gasteiger partial charge is 0.243 e. The van der Waals surface area contributed by atoms with Gasteiger partial charge in [0.1, 0.15) is 0 Å². The van der Waals surface area contributed by atoms with Crippen molar-refractivity contribution in [2.24, 2.45) is 0 Å². The minimum Gasteiger partial charge on any atom is -0.399 e. The number of benzene rings is 2. The first kappa shape index (κ1) is 15.5. The number of nitrogens with two attached hydrogens (primary N) is 1. The van der Waals surface area contributed by atoms with Crippen molar-refractivity contribution in [2.45, 2.75) is 24.8 Å². The summed E-state index contributed by atoms with van der Waals surface area (Å²) in [5.41, 5.74) is 7.99. The normalized spacial score (nSPS) is 13.3. The molecule has 0 fully saturated rings. The molecule has 0 aliphatic rings. The molecule has 0 saturated heterocycles. The third-order valence-electron chi connectivity index (χ3n) is 3.58. The van der Waals surface area contributed by atoms with Gasteiger partial charge in [-0.3, -0.25) is 0 Å². The number of hydrogen-bond acceptors (Lipinski definition) is 3. The van der Waals surface area contributed by atoms with Gasteiger partial charge in [-0.05, 0) is 43.2 Å². The van der Waals surface area contributed by atoms with E-state index in [4.69, 9.17) is 5.73 Å². The largest absolute Gasteiger partial charge is 0.399 e. The van der Waals surface area contributed by atoms with Crippen LogP contribution in [0.3, 0.4) is 0 Å². The van der Waals surface area contributed by atoms with Gasteiger partial charge in [0.25, 0.3) is 0 Å². The molecular weight excluding hydrogens is 284 g/mol. The third kappa shape index (κ3) is 3.25. The molecule has 1 unspecified atom stereocenters. The molecule has 0 bridgehead atoms. The Labute approximate surface area is 126 Å². The molecule has 0 spiro atoms. The first-order valence-electron chi connectivity index (χ1n) is 6.72. The Morgan fingerprint density at radius 1 is 1.10 bits per heavy atom. The lowest BCUT2D eigenvalue weighted by Gasteiger charge is -2.25. The Morgan fingerprint density at radius 3 is 2.29 bits per heavy atom. The van der Waals surface area contributed by atoms with Crippen molar-refractivity contribution in [3.8, 4) is 0 Å². The van der Waals surface area contributed by atoms with Crippen molar-refractivity contribution >= 4 is 15.7 Å². The van der Waals surface area contributed by atoms with Gasteiger partial charge in [0, 0.05) is 18.8 Å². The van der Waals surface area contributed by atoms with Crippen LogP contribution < -0.4 is 5.73 Å². The minimum atomic E-state index is -3.58. The molecule has 0 aliphatic carbocycles. The number of hydrogen-bond donors (Lipinski definition) is 1. The molecule has 0 aliphatic heterocycles. The van der Waals surface area contributed by atoms with Crippen molar-refractivity contribution in [1.29, 1.82) is 0 Å². The molecule has 0 heterocycles. The Morgan fingerprint density at radius 2 is 1.71 bits per heavy atom. The van der Waals surface area contributed by atoms with Crippen molar-refractivity contribution in [2.75, 3.05) is 12.8 Å². The third-order valence-corrected chi connectivity index (χ3v) is 5.48. The SMILES string of the molecule is Cc1cc(N)cc(S(=O)(=O)N(C)C(C)c2ccccc2)c1. The second kappa shape index (κ2) is 5.87. The molecule has 0 saturated carbocycles. The fourth-order valence-corrected chi connectivity index (χ4v) is 3.73. The Kier molecular flexibility index (Phi) is 4.34. The van der Waals surface area contributed by atoms with E-state index in [0.29, 0.717) is 5.69 Å². The van der Waals surface area contributed by atoms with Crippen molar-refractivity contribution in [3.63, 3.8) is 0 Å². The molecule has 4 nitrogen and oxygen atoms in total. The zero-order chi connectivity index (χ0) is 15.6. The molecule has 5 heteroatoms. The fraction of sp³-hybridized carbons (Fsp3) is 0.250. The second-order valence-corrected chi connectivity index (χ2v) is 7.18. The lowest BCUT2D eigenvalue weighted by Crippen LogP contribution is -2.30. The van der Waals surface area contributed by atoms with Crippen LogP contribution >= 0.6 is 0 Å². The first-order chi connectivity index (χ1) is 9.82. The maximum absolute atomic E-state index is 12.7. The fourth-order valence-electron chi connectivity index (χ4n) is 2.24. The minimum absolute atomic E-state index is 0.227. The zero-order valence-electron chi connectivity index (χ0n) is 12.4. The summed E-state index contributed by atoms with van der Waals surface area (Å²) in [5.74, 6) is 0. The van der Waals surface area contributed by atoms with Gasteiger partial charge >= 0.3 is 0 Å². The number of nitrogen functional groups attached to an aromatic ring is 1. The number of aryl methyl sites for hydroxylation is 1. The first-order valence-corrected chi connectivity index (χ1v) is 8.16. The molecule has 2 rings (SSSR count). The van der Waals surface area contributed by atoms with E-state index in [1.807, 2.05) is 44.2 Å². The quantitative estimate of drug-likeness (QED) is 0.883. The zero-order valence-corrected chi connectivity index (χ0v) is 13.3. The highest BCUT2D eigenvalue weighted by Crippen LogP contribution is 2.27. The summed E-state index contributed by atoms with van der Waals surface area (Å²) in [6.45, 7) is 3.70. The molecule has 21 heavy (non-hydrogen) atoms. The van der Waals surface area contributed by atoms with Gasteiger partial charge in [0.15, 0.2) is 0 Å². The van der Waals surface area contributed by atoms with E-state index in [2.05, 4.69) is 0 Å². The van der Waals surface area contributed by atoms with Crippen LogP contribution in [0.1, 0.15) is 24.1 Å². The van der Waals surface area contributed by atoms with Gasteiger partial charge in [0.05, 0.1) is 4.90 Å². The highest BCUT2D eigenvalue weighted by Gasteiger charge is 2.26. The van der Waals surface area contributed by atoms with E-state index in [0.717, 1.165) is 11.1 Å². The maximum atomic E-state index is 12.7. The van der Waals surface area contributed by atoms with Crippen LogP contribution in [0.15, 0.2) is 53.4 Å². The number of nitrogens with zero attached hydrogens (tertiary/aromatic N) is 1. The van der Waals surface area contributed by atoms with Gasteiger partial charge in [-0.25, -0.2) is 8.42 Å². The van der Waals surface area contributed by atoms with Crippen LogP contribution in [0.4, 0.5) is 5.69 Å². The van der Waals surface area contributed by atoms with E-state index >= 15 is 0 Å². The molecule has 112 valence electrons. The summed E-state index contributed by atoms with van der Waals surface area (Å²) in [6.07, 6.45) is 0. The number of sulfonamides is 1. The topological polar surface area (TPSA) is 63.4 Å². The Hall–Kier alpha value is -1.85. The lowest BCUT2D eigenvalue weighted by atomic mass is 10.1. The summed E-state index contributed by atoms with van der Waals surface area (Å²) in [7, 11) is -1.99. The Bertz CT molecular complexity index is 707. The summed E-state index contributed by atoms with van der Waals surface area (Å²) >= 11 is 0. The maximum Gasteiger partial charge on any atom is 0.243 e. The highest BCUT2D eigenvalue weighted by atomic mass is 32.2. The van der Waals surface area contributed by atoms with Crippen LogP contribution in [0, 0.1) is 6.92 Å². The molecule has 0 radical (unpaired) electrons. The average molecular weight is 304 g/mol. The summed E-state index contributed by atoms with van der Waals surface area (Å²) in [5, 5.41) is 0. The summed E-state index contributed by atoms with van der Waals surface area (Å²) < 4.78 is 26.8.